The summed E-state index contributed by atoms with van der Waals surface area (Å²) in [6.45, 7) is 2.03. The molecule has 0 aliphatic carbocycles. The lowest BCUT2D eigenvalue weighted by molar-refractivity contribution is -0.113. The van der Waals surface area contributed by atoms with E-state index in [2.05, 4.69) is 10.3 Å². The van der Waals surface area contributed by atoms with Gasteiger partial charge in [-0.25, -0.2) is 9.37 Å². The Morgan fingerprint density at radius 2 is 2.09 bits per heavy atom. The van der Waals surface area contributed by atoms with Crippen LogP contribution in [0.25, 0.3) is 10.2 Å². The first-order chi connectivity index (χ1) is 15.4. The number of nitrogens with one attached hydrogen (secondary N) is 1. The standard InChI is InChI=1S/C23H20FN3O3S2/c1-14-10-16(24)6-7-18(14)25-20(28)13-32-23-26-19-8-9-31-21(19)22(29)27(23)12-15-4-3-5-17(11-15)30-2/h3-11H,12-13H2,1-2H3,(H,25,28). The lowest BCUT2D eigenvalue weighted by Gasteiger charge is -2.13. The number of aromatic nitrogens is 2. The number of amides is 1. The van der Waals surface area contributed by atoms with Gasteiger partial charge in [0.1, 0.15) is 16.3 Å². The van der Waals surface area contributed by atoms with E-state index < -0.39 is 0 Å². The van der Waals surface area contributed by atoms with Crippen molar-refractivity contribution >= 4 is 44.9 Å². The Morgan fingerprint density at radius 3 is 2.88 bits per heavy atom. The first-order valence-electron chi connectivity index (χ1n) is 9.74. The molecular weight excluding hydrogens is 449 g/mol. The maximum Gasteiger partial charge on any atom is 0.272 e. The van der Waals surface area contributed by atoms with Crippen LogP contribution in [0.4, 0.5) is 10.1 Å². The molecule has 0 saturated heterocycles. The summed E-state index contributed by atoms with van der Waals surface area (Å²) in [5.41, 5.74) is 2.53. The van der Waals surface area contributed by atoms with Crippen LogP contribution in [0.5, 0.6) is 5.75 Å². The predicted molar refractivity (Wildman–Crippen MR) is 126 cm³/mol. The topological polar surface area (TPSA) is 73.2 Å². The molecule has 0 unspecified atom stereocenters. The van der Waals surface area contributed by atoms with Crippen LogP contribution in [0.15, 0.2) is 63.9 Å². The number of carbonyl (C=O) groups excluding carboxylic acids is 1. The fraction of sp³-hybridized carbons (Fsp3) is 0.174. The first kappa shape index (κ1) is 22.0. The molecule has 6 nitrogen and oxygen atoms in total. The number of hydrogen-bond acceptors (Lipinski definition) is 6. The lowest BCUT2D eigenvalue weighted by Crippen LogP contribution is -2.24. The number of aryl methyl sites for hydroxylation is 1. The average Bonchev–Trinajstić information content (AvgIpc) is 3.25. The predicted octanol–water partition coefficient (Wildman–Crippen LogP) is 4.69. The molecule has 2 aromatic heterocycles. The van der Waals surface area contributed by atoms with Crippen LogP contribution in [-0.2, 0) is 11.3 Å². The van der Waals surface area contributed by atoms with Crippen molar-refractivity contribution in [2.45, 2.75) is 18.6 Å². The quantitative estimate of drug-likeness (QED) is 0.314. The Labute approximate surface area is 192 Å². The Hall–Kier alpha value is -3.17. The normalized spacial score (nSPS) is 11.0. The van der Waals surface area contributed by atoms with Crippen molar-refractivity contribution < 1.29 is 13.9 Å². The molecule has 4 rings (SSSR count). The zero-order valence-corrected chi connectivity index (χ0v) is 19.1. The summed E-state index contributed by atoms with van der Waals surface area (Å²) in [5, 5.41) is 5.06. The van der Waals surface area contributed by atoms with Gasteiger partial charge in [0.15, 0.2) is 5.16 Å². The SMILES string of the molecule is COc1cccc(Cn2c(SCC(=O)Nc3ccc(F)cc3C)nc3ccsc3c2=O)c1. The highest BCUT2D eigenvalue weighted by molar-refractivity contribution is 7.99. The van der Waals surface area contributed by atoms with E-state index in [1.807, 2.05) is 29.6 Å². The van der Waals surface area contributed by atoms with E-state index in [0.29, 0.717) is 38.9 Å². The highest BCUT2D eigenvalue weighted by Gasteiger charge is 2.15. The maximum absolute atomic E-state index is 13.3. The molecule has 0 radical (unpaired) electrons. The molecule has 0 bridgehead atoms. The van der Waals surface area contributed by atoms with Gasteiger partial charge in [0, 0.05) is 5.69 Å². The molecule has 32 heavy (non-hydrogen) atoms. The Balaban J connectivity index is 1.59. The van der Waals surface area contributed by atoms with Crippen LogP contribution >= 0.6 is 23.1 Å². The zero-order valence-electron chi connectivity index (χ0n) is 17.4. The van der Waals surface area contributed by atoms with Gasteiger partial charge in [-0.2, -0.15) is 0 Å². The number of thioether (sulfide) groups is 1. The summed E-state index contributed by atoms with van der Waals surface area (Å²) in [5.74, 6) is 0.128. The van der Waals surface area contributed by atoms with E-state index in [4.69, 9.17) is 4.74 Å². The van der Waals surface area contributed by atoms with Gasteiger partial charge in [-0.1, -0.05) is 23.9 Å². The van der Waals surface area contributed by atoms with Gasteiger partial charge in [-0.3, -0.25) is 14.2 Å². The molecular formula is C23H20FN3O3S2. The van der Waals surface area contributed by atoms with E-state index in [1.54, 1.807) is 24.7 Å². The van der Waals surface area contributed by atoms with E-state index in [9.17, 15) is 14.0 Å². The fourth-order valence-corrected chi connectivity index (χ4v) is 4.79. The van der Waals surface area contributed by atoms with Crippen molar-refractivity contribution in [1.82, 2.24) is 9.55 Å². The minimum atomic E-state index is -0.357. The molecule has 0 aliphatic heterocycles. The Kier molecular flexibility index (Phi) is 6.57. The summed E-state index contributed by atoms with van der Waals surface area (Å²) < 4.78 is 20.7. The number of rotatable bonds is 7. The fourth-order valence-electron chi connectivity index (χ4n) is 3.21. The molecule has 4 aromatic rings. The number of nitrogens with zero attached hydrogens (tertiary/aromatic N) is 2. The summed E-state index contributed by atoms with van der Waals surface area (Å²) in [6.07, 6.45) is 0. The minimum Gasteiger partial charge on any atom is -0.497 e. The summed E-state index contributed by atoms with van der Waals surface area (Å²) >= 11 is 2.53. The smallest absolute Gasteiger partial charge is 0.272 e. The van der Waals surface area contributed by atoms with E-state index >= 15 is 0 Å². The third kappa shape index (κ3) is 4.84. The van der Waals surface area contributed by atoms with Crippen molar-refractivity contribution in [2.24, 2.45) is 0 Å². The van der Waals surface area contributed by atoms with Crippen molar-refractivity contribution in [3.05, 3.63) is 81.2 Å². The number of halogens is 1. The van der Waals surface area contributed by atoms with Crippen LogP contribution in [-0.4, -0.2) is 28.3 Å². The second-order valence-electron chi connectivity index (χ2n) is 7.07. The van der Waals surface area contributed by atoms with Gasteiger partial charge in [-0.05, 0) is 59.8 Å². The van der Waals surface area contributed by atoms with Gasteiger partial charge >= 0.3 is 0 Å². The molecule has 164 valence electrons. The lowest BCUT2D eigenvalue weighted by atomic mass is 10.2. The summed E-state index contributed by atoms with van der Waals surface area (Å²) in [6, 6.07) is 13.5. The highest BCUT2D eigenvalue weighted by atomic mass is 32.2. The van der Waals surface area contributed by atoms with Crippen molar-refractivity contribution in [2.75, 3.05) is 18.2 Å². The van der Waals surface area contributed by atoms with Gasteiger partial charge in [0.2, 0.25) is 5.91 Å². The Bertz CT molecular complexity index is 1350. The number of fused-ring (bicyclic) bond motifs is 1. The van der Waals surface area contributed by atoms with Crippen LogP contribution < -0.4 is 15.6 Å². The number of carbonyl (C=O) groups is 1. The molecule has 0 spiro atoms. The first-order valence-corrected chi connectivity index (χ1v) is 11.6. The number of benzene rings is 2. The molecule has 2 heterocycles. The zero-order chi connectivity index (χ0) is 22.7. The maximum atomic E-state index is 13.3. The monoisotopic (exact) mass is 469 g/mol. The van der Waals surface area contributed by atoms with Crippen LogP contribution in [0.3, 0.4) is 0 Å². The molecule has 1 amide bonds. The molecule has 2 aromatic carbocycles. The number of anilines is 1. The molecule has 0 aliphatic rings. The third-order valence-electron chi connectivity index (χ3n) is 4.80. The summed E-state index contributed by atoms with van der Waals surface area (Å²) in [7, 11) is 1.59. The second-order valence-corrected chi connectivity index (χ2v) is 8.93. The number of thiophene rings is 1. The molecule has 9 heteroatoms. The van der Waals surface area contributed by atoms with Gasteiger partial charge in [0.05, 0.1) is 24.9 Å². The van der Waals surface area contributed by atoms with Crippen molar-refractivity contribution in [3.63, 3.8) is 0 Å². The van der Waals surface area contributed by atoms with Gasteiger partial charge < -0.3 is 10.1 Å². The van der Waals surface area contributed by atoms with E-state index in [0.717, 1.165) is 5.56 Å². The highest BCUT2D eigenvalue weighted by Crippen LogP contribution is 2.23. The molecule has 0 fully saturated rings. The third-order valence-corrected chi connectivity index (χ3v) is 6.67. The molecule has 1 N–H and O–H groups in total. The van der Waals surface area contributed by atoms with E-state index in [-0.39, 0.29) is 23.0 Å². The minimum absolute atomic E-state index is 0.0526. The number of ether oxygens (including phenoxy) is 1. The number of methoxy groups -OCH3 is 1. The molecule has 0 saturated carbocycles. The number of hydrogen-bond donors (Lipinski definition) is 1. The van der Waals surface area contributed by atoms with Crippen molar-refractivity contribution in [3.8, 4) is 5.75 Å². The van der Waals surface area contributed by atoms with Gasteiger partial charge in [0.25, 0.3) is 5.56 Å². The molecule has 0 atom stereocenters. The van der Waals surface area contributed by atoms with E-state index in [1.165, 1.54) is 41.3 Å². The summed E-state index contributed by atoms with van der Waals surface area (Å²) in [4.78, 5) is 30.3. The second kappa shape index (κ2) is 9.54. The van der Waals surface area contributed by atoms with Crippen LogP contribution in [0, 0.1) is 12.7 Å². The average molecular weight is 470 g/mol. The Morgan fingerprint density at radius 1 is 1.25 bits per heavy atom. The van der Waals surface area contributed by atoms with Crippen molar-refractivity contribution in [1.29, 1.82) is 0 Å². The van der Waals surface area contributed by atoms with Crippen LogP contribution in [0.2, 0.25) is 0 Å². The van der Waals surface area contributed by atoms with Crippen LogP contribution in [0.1, 0.15) is 11.1 Å². The van der Waals surface area contributed by atoms with Gasteiger partial charge in [-0.15, -0.1) is 11.3 Å². The largest absolute Gasteiger partial charge is 0.497 e.